The van der Waals surface area contributed by atoms with Crippen molar-refractivity contribution in [3.05, 3.63) is 71.8 Å². The number of ether oxygens (including phenoxy) is 2. The van der Waals surface area contributed by atoms with E-state index in [1.54, 1.807) is 0 Å². The highest BCUT2D eigenvalue weighted by atomic mass is 16.7. The van der Waals surface area contributed by atoms with Gasteiger partial charge in [-0.3, -0.25) is 0 Å². The van der Waals surface area contributed by atoms with Gasteiger partial charge in [-0.05, 0) is 47.5 Å². The maximum atomic E-state index is 5.93. The lowest BCUT2D eigenvalue weighted by Gasteiger charge is -2.14. The van der Waals surface area contributed by atoms with Gasteiger partial charge in [-0.2, -0.15) is 0 Å². The fraction of sp³-hybridized carbons (Fsp3) is 0.130. The van der Waals surface area contributed by atoms with Gasteiger partial charge < -0.3 is 9.47 Å². The standard InChI is InChI=1S/C23H18O2/c1-14-4-8-18-17(11-14)7-10-20-22(18)23-19-12-15(2)3-5-16(19)6-9-21(23)25-13-24-20/h3-12H,13H2,1-2H3. The molecule has 0 saturated heterocycles. The number of fused-ring (bicyclic) bond motifs is 7. The van der Waals surface area contributed by atoms with Crippen LogP contribution in [-0.2, 0) is 0 Å². The summed E-state index contributed by atoms with van der Waals surface area (Å²) in [6.07, 6.45) is 0. The molecule has 0 amide bonds. The fourth-order valence-electron chi connectivity index (χ4n) is 3.76. The Morgan fingerprint density at radius 3 is 2.00 bits per heavy atom. The van der Waals surface area contributed by atoms with E-state index in [9.17, 15) is 0 Å². The largest absolute Gasteiger partial charge is 0.457 e. The molecular formula is C23H18O2. The summed E-state index contributed by atoms with van der Waals surface area (Å²) < 4.78 is 11.9. The summed E-state index contributed by atoms with van der Waals surface area (Å²) >= 11 is 0. The van der Waals surface area contributed by atoms with E-state index in [1.165, 1.54) is 32.7 Å². The Bertz CT molecular complexity index is 1140. The van der Waals surface area contributed by atoms with E-state index >= 15 is 0 Å². The third-order valence-electron chi connectivity index (χ3n) is 4.95. The van der Waals surface area contributed by atoms with E-state index in [-0.39, 0.29) is 6.79 Å². The van der Waals surface area contributed by atoms with Crippen molar-refractivity contribution in [1.29, 1.82) is 0 Å². The average Bonchev–Trinajstić information content (AvgIpc) is 2.80. The lowest BCUT2D eigenvalue weighted by Crippen LogP contribution is -2.03. The molecule has 1 aliphatic heterocycles. The zero-order chi connectivity index (χ0) is 17.0. The van der Waals surface area contributed by atoms with Gasteiger partial charge in [0.15, 0.2) is 0 Å². The van der Waals surface area contributed by atoms with E-state index in [2.05, 4.69) is 74.5 Å². The summed E-state index contributed by atoms with van der Waals surface area (Å²) in [6.45, 7) is 4.48. The first kappa shape index (κ1) is 14.4. The molecule has 2 nitrogen and oxygen atoms in total. The molecule has 0 spiro atoms. The van der Waals surface area contributed by atoms with Gasteiger partial charge in [0.05, 0.1) is 0 Å². The van der Waals surface area contributed by atoms with Crippen molar-refractivity contribution in [3.63, 3.8) is 0 Å². The van der Waals surface area contributed by atoms with Crippen molar-refractivity contribution >= 4 is 21.5 Å². The van der Waals surface area contributed by atoms with E-state index in [0.29, 0.717) is 0 Å². The Labute approximate surface area is 146 Å². The molecule has 4 aromatic carbocycles. The topological polar surface area (TPSA) is 18.5 Å². The van der Waals surface area contributed by atoms with Gasteiger partial charge in [0.2, 0.25) is 6.79 Å². The minimum atomic E-state index is 0.231. The van der Waals surface area contributed by atoms with E-state index in [1.807, 2.05) is 0 Å². The van der Waals surface area contributed by atoms with E-state index in [0.717, 1.165) is 22.6 Å². The summed E-state index contributed by atoms with van der Waals surface area (Å²) in [5.41, 5.74) is 4.75. The molecule has 0 saturated carbocycles. The first-order chi connectivity index (χ1) is 12.2. The van der Waals surface area contributed by atoms with Crippen molar-refractivity contribution in [3.8, 4) is 22.6 Å². The molecule has 25 heavy (non-hydrogen) atoms. The number of aryl methyl sites for hydroxylation is 2. The summed E-state index contributed by atoms with van der Waals surface area (Å²) in [5.74, 6) is 1.76. The molecule has 5 rings (SSSR count). The number of benzene rings is 4. The molecule has 2 heteroatoms. The second kappa shape index (κ2) is 5.25. The van der Waals surface area contributed by atoms with Crippen LogP contribution in [0.15, 0.2) is 60.7 Å². The Balaban J connectivity index is 1.98. The fourth-order valence-corrected chi connectivity index (χ4v) is 3.76. The molecule has 0 N–H and O–H groups in total. The van der Waals surface area contributed by atoms with E-state index in [4.69, 9.17) is 9.47 Å². The summed E-state index contributed by atoms with van der Waals surface area (Å²) in [7, 11) is 0. The van der Waals surface area contributed by atoms with Gasteiger partial charge in [-0.25, -0.2) is 0 Å². The van der Waals surface area contributed by atoms with Crippen LogP contribution in [0.25, 0.3) is 32.7 Å². The van der Waals surface area contributed by atoms with Crippen LogP contribution in [-0.4, -0.2) is 6.79 Å². The Morgan fingerprint density at radius 2 is 1.20 bits per heavy atom. The van der Waals surface area contributed by atoms with Crippen LogP contribution in [0.3, 0.4) is 0 Å². The molecule has 4 aromatic rings. The third-order valence-corrected chi connectivity index (χ3v) is 4.95. The van der Waals surface area contributed by atoms with Gasteiger partial charge in [0.25, 0.3) is 0 Å². The molecule has 1 heterocycles. The highest BCUT2D eigenvalue weighted by Crippen LogP contribution is 2.47. The molecule has 0 bridgehead atoms. The zero-order valence-electron chi connectivity index (χ0n) is 14.3. The highest BCUT2D eigenvalue weighted by molar-refractivity contribution is 6.10. The van der Waals surface area contributed by atoms with Gasteiger partial charge in [0, 0.05) is 11.1 Å². The molecule has 0 unspecified atom stereocenters. The van der Waals surface area contributed by atoms with Crippen molar-refractivity contribution in [2.45, 2.75) is 13.8 Å². The predicted octanol–water partition coefficient (Wildman–Crippen LogP) is 6.01. The number of rotatable bonds is 0. The maximum Gasteiger partial charge on any atom is 0.230 e. The Hall–Kier alpha value is -3.00. The quantitative estimate of drug-likeness (QED) is 0.394. The van der Waals surface area contributed by atoms with Gasteiger partial charge in [-0.15, -0.1) is 0 Å². The second-order valence-electron chi connectivity index (χ2n) is 6.73. The van der Waals surface area contributed by atoms with Crippen LogP contribution in [0.5, 0.6) is 11.5 Å². The third kappa shape index (κ3) is 2.18. The van der Waals surface area contributed by atoms with Crippen LogP contribution in [0.4, 0.5) is 0 Å². The van der Waals surface area contributed by atoms with Gasteiger partial charge in [-0.1, -0.05) is 59.7 Å². The van der Waals surface area contributed by atoms with Crippen molar-refractivity contribution in [1.82, 2.24) is 0 Å². The van der Waals surface area contributed by atoms with Crippen LogP contribution in [0.2, 0.25) is 0 Å². The molecular weight excluding hydrogens is 308 g/mol. The average molecular weight is 326 g/mol. The lowest BCUT2D eigenvalue weighted by molar-refractivity contribution is 0.125. The van der Waals surface area contributed by atoms with Crippen molar-refractivity contribution in [2.24, 2.45) is 0 Å². The molecule has 0 aliphatic carbocycles. The monoisotopic (exact) mass is 326 g/mol. The summed E-state index contributed by atoms with van der Waals surface area (Å²) in [4.78, 5) is 0. The van der Waals surface area contributed by atoms with Crippen LogP contribution >= 0.6 is 0 Å². The summed E-state index contributed by atoms with van der Waals surface area (Å²) in [6, 6.07) is 21.5. The lowest BCUT2D eigenvalue weighted by atomic mass is 9.91. The molecule has 0 fully saturated rings. The second-order valence-corrected chi connectivity index (χ2v) is 6.73. The zero-order valence-corrected chi connectivity index (χ0v) is 14.3. The first-order valence-electron chi connectivity index (χ1n) is 8.53. The van der Waals surface area contributed by atoms with Crippen molar-refractivity contribution in [2.75, 3.05) is 6.79 Å². The maximum absolute atomic E-state index is 5.93. The van der Waals surface area contributed by atoms with Crippen LogP contribution in [0, 0.1) is 13.8 Å². The normalized spacial score (nSPS) is 12.9. The first-order valence-corrected chi connectivity index (χ1v) is 8.53. The van der Waals surface area contributed by atoms with Crippen LogP contribution in [0.1, 0.15) is 11.1 Å². The Morgan fingerprint density at radius 1 is 0.600 bits per heavy atom. The SMILES string of the molecule is Cc1ccc2c3c(ccc2c1)OCOc1ccc2ccc(C)cc2c1-3. The Kier molecular flexibility index (Phi) is 3.01. The molecule has 0 radical (unpaired) electrons. The summed E-state index contributed by atoms with van der Waals surface area (Å²) in [5, 5.41) is 4.84. The highest BCUT2D eigenvalue weighted by Gasteiger charge is 2.21. The molecule has 1 aliphatic rings. The number of hydrogen-bond acceptors (Lipinski definition) is 2. The molecule has 122 valence electrons. The minimum absolute atomic E-state index is 0.231. The van der Waals surface area contributed by atoms with Gasteiger partial charge in [0.1, 0.15) is 11.5 Å². The minimum Gasteiger partial charge on any atom is -0.457 e. The van der Waals surface area contributed by atoms with Gasteiger partial charge >= 0.3 is 0 Å². The van der Waals surface area contributed by atoms with Crippen molar-refractivity contribution < 1.29 is 9.47 Å². The predicted molar refractivity (Wildman–Crippen MR) is 102 cm³/mol. The van der Waals surface area contributed by atoms with Crippen LogP contribution < -0.4 is 9.47 Å². The number of hydrogen-bond donors (Lipinski definition) is 0. The molecule has 0 atom stereocenters. The smallest absolute Gasteiger partial charge is 0.230 e. The molecule has 0 aromatic heterocycles. The van der Waals surface area contributed by atoms with E-state index < -0.39 is 0 Å².